The molecule has 1 heterocycles. The fourth-order valence-corrected chi connectivity index (χ4v) is 2.30. The minimum absolute atomic E-state index is 0.146. The molecule has 0 saturated carbocycles. The molecular weight excluding hydrogens is 322 g/mol. The summed E-state index contributed by atoms with van der Waals surface area (Å²) in [5, 5.41) is 7.10. The monoisotopic (exact) mass is 337 g/mol. The number of nitrogens with one attached hydrogen (secondary N) is 1. The second-order valence-electron chi connectivity index (χ2n) is 4.48. The average molecular weight is 338 g/mol. The molecular formula is C14H16BrN3O2. The van der Waals surface area contributed by atoms with Crippen molar-refractivity contribution in [3.8, 4) is 5.75 Å². The van der Waals surface area contributed by atoms with Gasteiger partial charge in [-0.2, -0.15) is 5.10 Å². The highest BCUT2D eigenvalue weighted by atomic mass is 79.9. The molecule has 1 aromatic heterocycles. The van der Waals surface area contributed by atoms with E-state index < -0.39 is 0 Å². The standard InChI is InChI=1S/C14H16BrN3O2/c1-9-6-10(2)18(17-9)8-14(19)16-12-7-11(15)4-5-13(12)20-3/h4-7H,8H2,1-3H3,(H,16,19). The van der Waals surface area contributed by atoms with Crippen LogP contribution in [0.2, 0.25) is 0 Å². The first-order valence-electron chi connectivity index (χ1n) is 6.14. The van der Waals surface area contributed by atoms with Crippen LogP contribution in [0.3, 0.4) is 0 Å². The Kier molecular flexibility index (Phi) is 4.44. The topological polar surface area (TPSA) is 56.1 Å². The molecule has 0 aliphatic carbocycles. The molecule has 1 aromatic carbocycles. The Balaban J connectivity index is 2.12. The summed E-state index contributed by atoms with van der Waals surface area (Å²) >= 11 is 3.37. The number of hydrogen-bond donors (Lipinski definition) is 1. The molecule has 1 amide bonds. The highest BCUT2D eigenvalue weighted by molar-refractivity contribution is 9.10. The summed E-state index contributed by atoms with van der Waals surface area (Å²) in [6.45, 7) is 4.00. The predicted molar refractivity (Wildman–Crippen MR) is 81.0 cm³/mol. The van der Waals surface area contributed by atoms with Crippen LogP contribution in [0.15, 0.2) is 28.7 Å². The zero-order valence-electron chi connectivity index (χ0n) is 11.6. The molecule has 106 valence electrons. The summed E-state index contributed by atoms with van der Waals surface area (Å²) in [6, 6.07) is 7.39. The lowest BCUT2D eigenvalue weighted by Gasteiger charge is -2.11. The molecule has 0 spiro atoms. The Bertz CT molecular complexity index is 637. The van der Waals surface area contributed by atoms with Gasteiger partial charge < -0.3 is 10.1 Å². The maximum Gasteiger partial charge on any atom is 0.246 e. The fourth-order valence-electron chi connectivity index (χ4n) is 1.94. The lowest BCUT2D eigenvalue weighted by molar-refractivity contribution is -0.116. The van der Waals surface area contributed by atoms with Gasteiger partial charge in [0.05, 0.1) is 18.5 Å². The van der Waals surface area contributed by atoms with Crippen LogP contribution in [-0.4, -0.2) is 22.8 Å². The summed E-state index contributed by atoms with van der Waals surface area (Å²) in [5.41, 5.74) is 2.49. The van der Waals surface area contributed by atoms with Crippen LogP contribution < -0.4 is 10.1 Å². The van der Waals surface area contributed by atoms with E-state index in [-0.39, 0.29) is 12.5 Å². The second-order valence-corrected chi connectivity index (χ2v) is 5.39. The molecule has 1 N–H and O–H groups in total. The van der Waals surface area contributed by atoms with Crippen molar-refractivity contribution < 1.29 is 9.53 Å². The van der Waals surface area contributed by atoms with Gasteiger partial charge in [0.25, 0.3) is 0 Å². The first kappa shape index (κ1) is 14.6. The molecule has 5 nitrogen and oxygen atoms in total. The van der Waals surface area contributed by atoms with Crippen molar-refractivity contribution in [3.05, 3.63) is 40.1 Å². The highest BCUT2D eigenvalue weighted by Crippen LogP contribution is 2.27. The third-order valence-corrected chi connectivity index (χ3v) is 3.33. The molecule has 0 radical (unpaired) electrons. The van der Waals surface area contributed by atoms with E-state index in [1.807, 2.05) is 26.0 Å². The number of methoxy groups -OCH3 is 1. The highest BCUT2D eigenvalue weighted by Gasteiger charge is 2.10. The molecule has 2 rings (SSSR count). The van der Waals surface area contributed by atoms with Gasteiger partial charge in [-0.05, 0) is 38.1 Å². The molecule has 0 aliphatic rings. The Morgan fingerprint density at radius 1 is 1.40 bits per heavy atom. The van der Waals surface area contributed by atoms with Gasteiger partial charge in [0.15, 0.2) is 0 Å². The zero-order valence-corrected chi connectivity index (χ0v) is 13.2. The van der Waals surface area contributed by atoms with Gasteiger partial charge in [0.2, 0.25) is 5.91 Å². The summed E-state index contributed by atoms with van der Waals surface area (Å²) in [6.07, 6.45) is 0. The lowest BCUT2D eigenvalue weighted by atomic mass is 10.3. The van der Waals surface area contributed by atoms with Crippen molar-refractivity contribution in [3.63, 3.8) is 0 Å². The van der Waals surface area contributed by atoms with Crippen molar-refractivity contribution in [1.29, 1.82) is 0 Å². The van der Waals surface area contributed by atoms with Crippen LogP contribution in [0.25, 0.3) is 0 Å². The molecule has 20 heavy (non-hydrogen) atoms. The maximum atomic E-state index is 12.1. The van der Waals surface area contributed by atoms with E-state index in [1.165, 1.54) is 0 Å². The zero-order chi connectivity index (χ0) is 14.7. The molecule has 0 aliphatic heterocycles. The van der Waals surface area contributed by atoms with Crippen molar-refractivity contribution in [2.75, 3.05) is 12.4 Å². The largest absolute Gasteiger partial charge is 0.495 e. The van der Waals surface area contributed by atoms with Gasteiger partial charge in [0.1, 0.15) is 12.3 Å². The SMILES string of the molecule is COc1ccc(Br)cc1NC(=O)Cn1nc(C)cc1C. The summed E-state index contributed by atoms with van der Waals surface area (Å²) < 4.78 is 7.77. The van der Waals surface area contributed by atoms with Crippen molar-refractivity contribution in [1.82, 2.24) is 9.78 Å². The molecule has 0 unspecified atom stereocenters. The van der Waals surface area contributed by atoms with Gasteiger partial charge in [-0.25, -0.2) is 0 Å². The number of benzene rings is 1. The van der Waals surface area contributed by atoms with Gasteiger partial charge in [-0.1, -0.05) is 15.9 Å². The first-order valence-corrected chi connectivity index (χ1v) is 6.93. The van der Waals surface area contributed by atoms with E-state index in [0.717, 1.165) is 15.9 Å². The Labute approximate surface area is 126 Å². The Morgan fingerprint density at radius 2 is 2.15 bits per heavy atom. The van der Waals surface area contributed by atoms with Crippen LogP contribution in [0.4, 0.5) is 5.69 Å². The van der Waals surface area contributed by atoms with E-state index in [0.29, 0.717) is 11.4 Å². The van der Waals surface area contributed by atoms with Crippen molar-refractivity contribution in [2.45, 2.75) is 20.4 Å². The number of ether oxygens (including phenoxy) is 1. The Morgan fingerprint density at radius 3 is 2.75 bits per heavy atom. The lowest BCUT2D eigenvalue weighted by Crippen LogP contribution is -2.20. The van der Waals surface area contributed by atoms with E-state index in [4.69, 9.17) is 4.74 Å². The van der Waals surface area contributed by atoms with E-state index >= 15 is 0 Å². The van der Waals surface area contributed by atoms with Crippen molar-refractivity contribution in [2.24, 2.45) is 0 Å². The van der Waals surface area contributed by atoms with Gasteiger partial charge >= 0.3 is 0 Å². The normalized spacial score (nSPS) is 10.4. The maximum absolute atomic E-state index is 12.1. The molecule has 0 saturated heterocycles. The molecule has 6 heteroatoms. The van der Waals surface area contributed by atoms with Crippen LogP contribution in [0.1, 0.15) is 11.4 Å². The number of hydrogen-bond acceptors (Lipinski definition) is 3. The minimum Gasteiger partial charge on any atom is -0.495 e. The number of carbonyl (C=O) groups excluding carboxylic acids is 1. The summed E-state index contributed by atoms with van der Waals surface area (Å²) in [7, 11) is 1.57. The second kappa shape index (κ2) is 6.09. The predicted octanol–water partition coefficient (Wildman–Crippen LogP) is 2.91. The van der Waals surface area contributed by atoms with Crippen LogP contribution in [0.5, 0.6) is 5.75 Å². The number of halogens is 1. The van der Waals surface area contributed by atoms with E-state index in [1.54, 1.807) is 23.9 Å². The molecule has 0 fully saturated rings. The smallest absolute Gasteiger partial charge is 0.246 e. The molecule has 2 aromatic rings. The number of nitrogens with zero attached hydrogens (tertiary/aromatic N) is 2. The van der Waals surface area contributed by atoms with Gasteiger partial charge in [0, 0.05) is 10.2 Å². The Hall–Kier alpha value is -1.82. The number of aromatic nitrogens is 2. The third-order valence-electron chi connectivity index (χ3n) is 2.83. The first-order chi connectivity index (χ1) is 9.49. The summed E-state index contributed by atoms with van der Waals surface area (Å²) in [4.78, 5) is 12.1. The fraction of sp³-hybridized carbons (Fsp3) is 0.286. The summed E-state index contributed by atoms with van der Waals surface area (Å²) in [5.74, 6) is 0.475. The number of aryl methyl sites for hydroxylation is 2. The number of amides is 1. The van der Waals surface area contributed by atoms with Crippen LogP contribution in [0, 0.1) is 13.8 Å². The number of rotatable bonds is 4. The minimum atomic E-state index is -0.146. The van der Waals surface area contributed by atoms with E-state index in [9.17, 15) is 4.79 Å². The van der Waals surface area contributed by atoms with Crippen molar-refractivity contribution >= 4 is 27.5 Å². The van der Waals surface area contributed by atoms with E-state index in [2.05, 4.69) is 26.3 Å². The van der Waals surface area contributed by atoms with Crippen LogP contribution >= 0.6 is 15.9 Å². The third kappa shape index (κ3) is 3.39. The van der Waals surface area contributed by atoms with Gasteiger partial charge in [-0.3, -0.25) is 9.48 Å². The van der Waals surface area contributed by atoms with Crippen LogP contribution in [-0.2, 0) is 11.3 Å². The quantitative estimate of drug-likeness (QED) is 0.933. The molecule has 0 atom stereocenters. The number of carbonyl (C=O) groups is 1. The van der Waals surface area contributed by atoms with Gasteiger partial charge in [-0.15, -0.1) is 0 Å². The number of anilines is 1. The average Bonchev–Trinajstić information content (AvgIpc) is 2.68. The molecule has 0 bridgehead atoms.